The molecule has 4 aliphatic carbocycles. The lowest BCUT2D eigenvalue weighted by atomic mass is 9.56. The van der Waals surface area contributed by atoms with Crippen molar-refractivity contribution in [2.24, 2.45) is 16.7 Å². The SMILES string of the molecule is CNCN[C@@](O)(CCC(=O)N[C@@H](CS[C@]12C=C[C@@]3(CCCCCC14CCCC4)CC(Cc1ccncc1)=C[C@@H]1C(=O)OC2=C13)C(=O)N[C@@H](O)C(=O)O)C(=O)O. The molecule has 1 aromatic heterocycles. The van der Waals surface area contributed by atoms with E-state index in [0.29, 0.717) is 12.2 Å². The summed E-state index contributed by atoms with van der Waals surface area (Å²) in [5.74, 6) is -5.44. The van der Waals surface area contributed by atoms with Crippen LogP contribution in [-0.4, -0.2) is 97.3 Å². The average Bonchev–Trinajstić information content (AvgIpc) is 3.78. The maximum atomic E-state index is 14.0. The largest absolute Gasteiger partial charge is 0.478 e. The third-order valence-corrected chi connectivity index (χ3v) is 13.8. The van der Waals surface area contributed by atoms with E-state index >= 15 is 0 Å². The minimum atomic E-state index is -2.45. The van der Waals surface area contributed by atoms with E-state index in [4.69, 9.17) is 4.74 Å². The molecular weight excluding hydrogens is 731 g/mol. The highest BCUT2D eigenvalue weighted by molar-refractivity contribution is 8.01. The zero-order valence-electron chi connectivity index (χ0n) is 31.0. The molecule has 55 heavy (non-hydrogen) atoms. The molecule has 2 amide bonds. The van der Waals surface area contributed by atoms with Gasteiger partial charge in [0.05, 0.1) is 4.75 Å². The number of hydrogen-bond acceptors (Lipinski definition) is 12. The minimum absolute atomic E-state index is 0.0666. The van der Waals surface area contributed by atoms with Crippen LogP contribution in [0, 0.1) is 16.7 Å². The van der Waals surface area contributed by atoms with Crippen molar-refractivity contribution in [2.75, 3.05) is 19.5 Å². The summed E-state index contributed by atoms with van der Waals surface area (Å²) >= 11 is 1.37. The van der Waals surface area contributed by atoms with Crippen LogP contribution in [-0.2, 0) is 35.1 Å². The summed E-state index contributed by atoms with van der Waals surface area (Å²) in [5, 5.41) is 49.4. The molecule has 16 heteroatoms. The number of nitrogens with one attached hydrogen (secondary N) is 4. The Balaban J connectivity index is 1.35. The molecule has 0 unspecified atom stereocenters. The van der Waals surface area contributed by atoms with Crippen molar-refractivity contribution >= 4 is 41.5 Å². The van der Waals surface area contributed by atoms with Gasteiger partial charge in [-0.15, -0.1) is 11.8 Å². The van der Waals surface area contributed by atoms with Gasteiger partial charge in [-0.25, -0.2) is 9.59 Å². The molecule has 2 bridgehead atoms. The average molecular weight is 782 g/mol. The van der Waals surface area contributed by atoms with E-state index in [1.807, 2.05) is 17.4 Å². The fourth-order valence-electron chi connectivity index (χ4n) is 9.31. The lowest BCUT2D eigenvalue weighted by Gasteiger charge is -2.53. The van der Waals surface area contributed by atoms with Gasteiger partial charge in [0.1, 0.15) is 17.7 Å². The van der Waals surface area contributed by atoms with E-state index in [-0.39, 0.29) is 23.8 Å². The summed E-state index contributed by atoms with van der Waals surface area (Å²) in [6.45, 7) is -0.0666. The van der Waals surface area contributed by atoms with Gasteiger partial charge >= 0.3 is 17.9 Å². The van der Waals surface area contributed by atoms with Crippen molar-refractivity contribution in [1.82, 2.24) is 26.3 Å². The number of aliphatic hydroxyl groups excluding tert-OH is 1. The molecule has 1 aromatic rings. The van der Waals surface area contributed by atoms with E-state index < -0.39 is 70.7 Å². The number of carboxylic acids is 2. The number of carboxylic acid groups (broad SMARTS) is 2. The van der Waals surface area contributed by atoms with Gasteiger partial charge in [0, 0.05) is 43.1 Å². The van der Waals surface area contributed by atoms with Crippen molar-refractivity contribution in [3.05, 3.63) is 65.2 Å². The lowest BCUT2D eigenvalue weighted by molar-refractivity contribution is -0.164. The summed E-state index contributed by atoms with van der Waals surface area (Å²) in [5.41, 5.74) is -0.0101. The summed E-state index contributed by atoms with van der Waals surface area (Å²) in [7, 11) is 1.54. The molecule has 1 fully saturated rings. The van der Waals surface area contributed by atoms with Crippen LogP contribution in [0.15, 0.2) is 59.7 Å². The van der Waals surface area contributed by atoms with Gasteiger partial charge in [0.15, 0.2) is 0 Å². The molecular formula is C39H51N5O10S. The molecule has 1 aliphatic heterocycles. The molecule has 2 heterocycles. The number of allylic oxidation sites excluding steroid dienone is 2. The summed E-state index contributed by atoms with van der Waals surface area (Å²) in [4.78, 5) is 68.5. The molecule has 6 rings (SSSR count). The summed E-state index contributed by atoms with van der Waals surface area (Å²) in [6.07, 6.45) is 16.5. The van der Waals surface area contributed by atoms with Crippen LogP contribution in [0.3, 0.4) is 0 Å². The van der Waals surface area contributed by atoms with Gasteiger partial charge in [-0.05, 0) is 74.3 Å². The maximum absolute atomic E-state index is 14.0. The van der Waals surface area contributed by atoms with Crippen molar-refractivity contribution < 1.29 is 49.1 Å². The number of amides is 2. The van der Waals surface area contributed by atoms with Crippen LogP contribution in [0.25, 0.3) is 0 Å². The Labute approximate surface area is 323 Å². The number of carbonyl (C=O) groups excluding carboxylic acids is 3. The second-order valence-corrected chi connectivity index (χ2v) is 16.8. The van der Waals surface area contributed by atoms with Gasteiger partial charge in [-0.3, -0.25) is 24.7 Å². The molecule has 0 saturated heterocycles. The molecule has 0 aromatic carbocycles. The molecule has 8 N–H and O–H groups in total. The van der Waals surface area contributed by atoms with Crippen molar-refractivity contribution in [2.45, 2.75) is 106 Å². The monoisotopic (exact) mass is 781 g/mol. The number of aliphatic hydroxyl groups is 2. The Morgan fingerprint density at radius 3 is 2.38 bits per heavy atom. The Kier molecular flexibility index (Phi) is 12.2. The van der Waals surface area contributed by atoms with Gasteiger partial charge in [0.25, 0.3) is 0 Å². The minimum Gasteiger partial charge on any atom is -0.478 e. The van der Waals surface area contributed by atoms with E-state index in [9.17, 15) is 44.4 Å². The van der Waals surface area contributed by atoms with Crippen LogP contribution in [0.5, 0.6) is 0 Å². The summed E-state index contributed by atoms with van der Waals surface area (Å²) in [6, 6.07) is 2.56. The van der Waals surface area contributed by atoms with E-state index in [1.54, 1.807) is 19.4 Å². The maximum Gasteiger partial charge on any atom is 0.353 e. The van der Waals surface area contributed by atoms with Gasteiger partial charge < -0.3 is 41.1 Å². The first kappa shape index (κ1) is 40.6. The number of fused-ring (bicyclic) bond motifs is 3. The Bertz CT molecular complexity index is 1760. The number of carbonyl (C=O) groups is 5. The Hall–Kier alpha value is -4.09. The van der Waals surface area contributed by atoms with E-state index in [0.717, 1.165) is 80.9 Å². The highest BCUT2D eigenvalue weighted by Gasteiger charge is 2.63. The Morgan fingerprint density at radius 2 is 1.71 bits per heavy atom. The normalized spacial score (nSPS) is 27.4. The highest BCUT2D eigenvalue weighted by Crippen LogP contribution is 2.67. The fourth-order valence-corrected chi connectivity index (χ4v) is 11.0. The van der Waals surface area contributed by atoms with Crippen LogP contribution in [0.4, 0.5) is 0 Å². The van der Waals surface area contributed by atoms with E-state index in [1.165, 1.54) is 11.8 Å². The standard InChI is InChI=1S/C39H51N5O10S/c1-40-23-42-39(53,35(51)52)14-7-28(45)43-27(31(46)44-32(47)33(48)49)22-55-38-16-15-36(10-3-2-4-11-37(38)12-5-6-13-37)21-25(19-24-8-17-41-18-9-24)20-26-29(36)30(38)54-34(26)50/h8-9,15-18,20,26-27,32,40,42,47,53H,2-7,10-14,19,21-23H2,1H3,(H,43,45)(H,44,46)(H,48,49)(H,51,52)/t26-,27-,32-,36-,38-,39+/m0/s1. The number of pyridine rings is 1. The number of ether oxygens (including phenoxy) is 1. The molecule has 15 nitrogen and oxygen atoms in total. The number of aliphatic carboxylic acids is 2. The highest BCUT2D eigenvalue weighted by atomic mass is 32.2. The topological polar surface area (TPSA) is 237 Å². The van der Waals surface area contributed by atoms with Crippen LogP contribution in [0.2, 0.25) is 0 Å². The van der Waals surface area contributed by atoms with Crippen molar-refractivity contribution in [3.8, 4) is 0 Å². The zero-order valence-corrected chi connectivity index (χ0v) is 31.8. The summed E-state index contributed by atoms with van der Waals surface area (Å²) < 4.78 is 5.54. The Morgan fingerprint density at radius 1 is 1.02 bits per heavy atom. The number of esters is 1. The molecule has 0 radical (unpaired) electrons. The molecule has 1 saturated carbocycles. The van der Waals surface area contributed by atoms with Gasteiger partial charge in [-0.1, -0.05) is 55.9 Å². The second kappa shape index (κ2) is 16.6. The quantitative estimate of drug-likeness (QED) is 0.0683. The van der Waals surface area contributed by atoms with Gasteiger partial charge in [0.2, 0.25) is 23.8 Å². The lowest BCUT2D eigenvalue weighted by Crippen LogP contribution is -2.56. The number of hydrogen-bond donors (Lipinski definition) is 8. The van der Waals surface area contributed by atoms with Crippen LogP contribution < -0.4 is 21.3 Å². The van der Waals surface area contributed by atoms with Crippen molar-refractivity contribution in [3.63, 3.8) is 0 Å². The van der Waals surface area contributed by atoms with Gasteiger partial charge in [-0.2, -0.15) is 0 Å². The van der Waals surface area contributed by atoms with E-state index in [2.05, 4.69) is 39.2 Å². The third-order valence-electron chi connectivity index (χ3n) is 12.0. The first-order valence-electron chi connectivity index (χ1n) is 19.0. The molecule has 5 aliphatic rings. The van der Waals surface area contributed by atoms with Crippen LogP contribution >= 0.6 is 11.8 Å². The second-order valence-electron chi connectivity index (χ2n) is 15.5. The van der Waals surface area contributed by atoms with Crippen molar-refractivity contribution in [1.29, 1.82) is 0 Å². The number of thioether (sulfide) groups is 1. The number of aromatic nitrogens is 1. The molecule has 6 atom stereocenters. The first-order chi connectivity index (χ1) is 26.3. The predicted molar refractivity (Wildman–Crippen MR) is 201 cm³/mol. The zero-order chi connectivity index (χ0) is 39.4. The third kappa shape index (κ3) is 8.10. The number of nitrogens with zero attached hydrogens (tertiary/aromatic N) is 1. The molecule has 298 valence electrons. The smallest absolute Gasteiger partial charge is 0.353 e. The predicted octanol–water partition coefficient (Wildman–Crippen LogP) is 2.26. The fraction of sp³-hybridized carbons (Fsp3) is 0.590. The first-order valence-corrected chi connectivity index (χ1v) is 20.0. The molecule has 2 spiro atoms. The van der Waals surface area contributed by atoms with Crippen LogP contribution in [0.1, 0.15) is 82.6 Å². The number of rotatable bonds is 16.